The van der Waals surface area contributed by atoms with Crippen molar-refractivity contribution in [1.29, 1.82) is 5.41 Å². The molecule has 2 unspecified atom stereocenters. The molecule has 1 saturated carbocycles. The van der Waals surface area contributed by atoms with Gasteiger partial charge in [-0.3, -0.25) is 29.6 Å². The van der Waals surface area contributed by atoms with Crippen LogP contribution in [0.1, 0.15) is 62.5 Å². The Bertz CT molecular complexity index is 1300. The molecule has 1 aliphatic rings. The number of carbonyl (C=O) groups is 5. The molecular weight excluding hydrogens is 639 g/mol. The summed E-state index contributed by atoms with van der Waals surface area (Å²) in [5, 5.41) is 20.2. The van der Waals surface area contributed by atoms with Gasteiger partial charge in [-0.2, -0.15) is 13.2 Å². The number of amidine groups is 1. The first-order chi connectivity index (χ1) is 22.3. The molecule has 12 N–H and O–H groups in total. The number of nitrogens with two attached hydrogens (primary N) is 4. The van der Waals surface area contributed by atoms with E-state index in [-0.39, 0.29) is 37.1 Å². The van der Waals surface area contributed by atoms with Crippen LogP contribution in [0, 0.1) is 17.2 Å². The number of aliphatic imine (C=N–C) groups is 1. The highest BCUT2D eigenvalue weighted by atomic mass is 19.4. The van der Waals surface area contributed by atoms with Crippen LogP contribution in [-0.4, -0.2) is 90.3 Å². The molecule has 1 fully saturated rings. The summed E-state index contributed by atoms with van der Waals surface area (Å²) in [6, 6.07) is 4.81. The molecule has 0 heterocycles. The number of hydrogen-bond donors (Lipinski definition) is 8. The fraction of sp³-hybridized carbons (Fsp3) is 0.567. The molecule has 1 aromatic carbocycles. The van der Waals surface area contributed by atoms with Gasteiger partial charge in [0.1, 0.15) is 23.8 Å². The van der Waals surface area contributed by atoms with Gasteiger partial charge < -0.3 is 43.6 Å². The summed E-state index contributed by atoms with van der Waals surface area (Å²) in [5.41, 5.74) is 23.0. The largest absolute Gasteiger partial charge is 0.490 e. The van der Waals surface area contributed by atoms with Crippen LogP contribution in [0.4, 0.5) is 13.2 Å². The van der Waals surface area contributed by atoms with Crippen LogP contribution >= 0.6 is 0 Å². The first-order valence-corrected chi connectivity index (χ1v) is 15.2. The number of rotatable bonds is 15. The number of carboxylic acids is 1. The lowest BCUT2D eigenvalue weighted by Crippen LogP contribution is -2.55. The molecule has 18 heteroatoms. The maximum absolute atomic E-state index is 13.6. The Balaban J connectivity index is 0.00000148. The lowest BCUT2D eigenvalue weighted by atomic mass is 9.84. The molecule has 0 saturated heterocycles. The molecule has 48 heavy (non-hydrogen) atoms. The third kappa shape index (κ3) is 15.1. The van der Waals surface area contributed by atoms with Crippen molar-refractivity contribution >= 4 is 41.4 Å². The Labute approximate surface area is 276 Å². The van der Waals surface area contributed by atoms with E-state index in [4.69, 9.17) is 38.2 Å². The van der Waals surface area contributed by atoms with Crippen LogP contribution in [0.3, 0.4) is 0 Å². The van der Waals surface area contributed by atoms with Gasteiger partial charge in [-0.25, -0.2) is 4.79 Å². The van der Waals surface area contributed by atoms with Crippen molar-refractivity contribution in [2.24, 2.45) is 39.8 Å². The number of nitrogens with zero attached hydrogens (tertiary/aromatic N) is 2. The van der Waals surface area contributed by atoms with Gasteiger partial charge in [0.05, 0.1) is 0 Å². The lowest BCUT2D eigenvalue weighted by molar-refractivity contribution is -0.192. The van der Waals surface area contributed by atoms with Crippen molar-refractivity contribution in [2.75, 3.05) is 20.6 Å². The van der Waals surface area contributed by atoms with Gasteiger partial charge in [-0.1, -0.05) is 56.4 Å². The van der Waals surface area contributed by atoms with Gasteiger partial charge in [-0.05, 0) is 37.2 Å². The highest BCUT2D eigenvalue weighted by Gasteiger charge is 2.38. The Morgan fingerprint density at radius 1 is 0.958 bits per heavy atom. The number of aliphatic carboxylic acids is 1. The number of amides is 4. The number of halogens is 3. The maximum atomic E-state index is 13.6. The number of carbonyl (C=O) groups excluding carboxylic acids is 4. The third-order valence-electron chi connectivity index (χ3n) is 7.53. The van der Waals surface area contributed by atoms with Gasteiger partial charge in [0.15, 0.2) is 5.96 Å². The predicted molar refractivity (Wildman–Crippen MR) is 171 cm³/mol. The van der Waals surface area contributed by atoms with E-state index in [2.05, 4.69) is 15.6 Å². The van der Waals surface area contributed by atoms with Crippen molar-refractivity contribution < 1.29 is 42.3 Å². The smallest absolute Gasteiger partial charge is 0.475 e. The summed E-state index contributed by atoms with van der Waals surface area (Å²) in [4.78, 5) is 66.4. The van der Waals surface area contributed by atoms with Crippen LogP contribution < -0.4 is 33.6 Å². The van der Waals surface area contributed by atoms with Crippen LogP contribution in [-0.2, 0) is 30.4 Å². The molecular formula is C30H46F3N9O6. The van der Waals surface area contributed by atoms with Crippen molar-refractivity contribution in [2.45, 2.75) is 76.0 Å². The van der Waals surface area contributed by atoms with Crippen LogP contribution in [0.5, 0.6) is 0 Å². The van der Waals surface area contributed by atoms with Crippen molar-refractivity contribution in [3.05, 3.63) is 35.4 Å². The molecule has 2 rings (SSSR count). The maximum Gasteiger partial charge on any atom is 0.490 e. The first kappa shape index (κ1) is 41.1. The van der Waals surface area contributed by atoms with Gasteiger partial charge in [0, 0.05) is 26.2 Å². The topological polar surface area (TPSA) is 273 Å². The molecule has 4 amide bonds. The van der Waals surface area contributed by atoms with E-state index in [0.29, 0.717) is 24.0 Å². The number of benzene rings is 1. The van der Waals surface area contributed by atoms with E-state index in [1.807, 2.05) is 0 Å². The summed E-state index contributed by atoms with van der Waals surface area (Å²) in [6.07, 6.45) is 1.09. The summed E-state index contributed by atoms with van der Waals surface area (Å²) >= 11 is 0. The zero-order valence-corrected chi connectivity index (χ0v) is 27.0. The zero-order valence-electron chi connectivity index (χ0n) is 27.0. The first-order valence-electron chi connectivity index (χ1n) is 15.2. The number of nitrogen functional groups attached to an aromatic ring is 1. The minimum atomic E-state index is -5.08. The molecule has 1 aliphatic carbocycles. The van der Waals surface area contributed by atoms with E-state index in [1.54, 1.807) is 38.4 Å². The Morgan fingerprint density at radius 3 is 1.96 bits per heavy atom. The lowest BCUT2D eigenvalue weighted by Gasteiger charge is -2.29. The number of primary amides is 1. The highest BCUT2D eigenvalue weighted by Crippen LogP contribution is 2.28. The Morgan fingerprint density at radius 2 is 1.50 bits per heavy atom. The highest BCUT2D eigenvalue weighted by molar-refractivity contribution is 6.02. The van der Waals surface area contributed by atoms with Crippen molar-refractivity contribution in [1.82, 2.24) is 15.5 Å². The van der Waals surface area contributed by atoms with Crippen LogP contribution in [0.15, 0.2) is 29.3 Å². The molecule has 268 valence electrons. The minimum absolute atomic E-state index is 0.0726. The molecule has 0 spiro atoms. The second-order valence-corrected chi connectivity index (χ2v) is 11.6. The predicted octanol–water partition coefficient (Wildman–Crippen LogP) is 0.330. The van der Waals surface area contributed by atoms with Crippen LogP contribution in [0.25, 0.3) is 0 Å². The quantitative estimate of drug-likeness (QED) is 0.0546. The molecule has 0 radical (unpaired) electrons. The number of carboxylic acid groups (broad SMARTS) is 1. The number of hydrogen-bond acceptors (Lipinski definition) is 7. The van der Waals surface area contributed by atoms with Gasteiger partial charge >= 0.3 is 12.1 Å². The number of nitrogens with one attached hydrogen (secondary N) is 3. The summed E-state index contributed by atoms with van der Waals surface area (Å²) in [7, 11) is 3.13. The number of guanidine groups is 1. The second-order valence-electron chi connectivity index (χ2n) is 11.6. The third-order valence-corrected chi connectivity index (χ3v) is 7.53. The van der Waals surface area contributed by atoms with Crippen molar-refractivity contribution in [3.63, 3.8) is 0 Å². The molecule has 15 nitrogen and oxygen atoms in total. The van der Waals surface area contributed by atoms with Crippen LogP contribution in [0.2, 0.25) is 0 Å². The average molecular weight is 686 g/mol. The molecule has 0 aromatic heterocycles. The van der Waals surface area contributed by atoms with E-state index in [0.717, 1.165) is 32.1 Å². The second kappa shape index (κ2) is 19.7. The van der Waals surface area contributed by atoms with Gasteiger partial charge in [0.2, 0.25) is 23.6 Å². The summed E-state index contributed by atoms with van der Waals surface area (Å²) < 4.78 is 31.7. The molecule has 0 aliphatic heterocycles. The Kier molecular flexibility index (Phi) is 16.9. The zero-order chi connectivity index (χ0) is 36.6. The summed E-state index contributed by atoms with van der Waals surface area (Å²) in [6.45, 7) is 0.270. The van der Waals surface area contributed by atoms with E-state index >= 15 is 0 Å². The van der Waals surface area contributed by atoms with Gasteiger partial charge in [-0.15, -0.1) is 0 Å². The molecule has 0 bridgehead atoms. The average Bonchev–Trinajstić information content (AvgIpc) is 3.00. The van der Waals surface area contributed by atoms with Gasteiger partial charge in [0.25, 0.3) is 0 Å². The monoisotopic (exact) mass is 685 g/mol. The normalized spacial score (nSPS) is 14.9. The standard InChI is InChI=1S/C28H45N9O4.C2HF3O2/c1-37(2)27(41)20(15-18-10-12-19(13-11-18)23(29)30)25(39)36-22(16-17-7-4-3-5-8-17)26(40)35-21(24(31)38)9-6-14-34-28(32)33;3-2(4,5)1(6)7/h10-13,17,20-22H,3-9,14-16H2,1-2H3,(H3,29,30)(H2,31,38)(H,35,40)(H,36,39)(H4,32,33,34);(H,6,7)/t20?,21-,22?;/m0./s1. The molecule has 1 aromatic rings. The van der Waals surface area contributed by atoms with Crippen molar-refractivity contribution in [3.8, 4) is 0 Å². The summed E-state index contributed by atoms with van der Waals surface area (Å²) in [5.74, 6) is -6.03. The van der Waals surface area contributed by atoms with E-state index in [1.165, 1.54) is 4.90 Å². The minimum Gasteiger partial charge on any atom is -0.475 e. The number of alkyl halides is 3. The fourth-order valence-electron chi connectivity index (χ4n) is 4.98. The molecule has 3 atom stereocenters. The van der Waals surface area contributed by atoms with E-state index in [9.17, 15) is 32.3 Å². The van der Waals surface area contributed by atoms with E-state index < -0.39 is 53.8 Å². The SMILES string of the molecule is CN(C)C(=O)C(Cc1ccc(C(=N)N)cc1)C(=O)NC(CC1CCCCC1)C(=O)N[C@@H](CCCN=C(N)N)C(N)=O.O=C(O)C(F)(F)F. The fourth-order valence-corrected chi connectivity index (χ4v) is 4.98. The Hall–Kier alpha value is -4.90.